The molecule has 106 valence electrons. The molecule has 0 heterocycles. The van der Waals surface area contributed by atoms with Gasteiger partial charge in [-0.2, -0.15) is 0 Å². The fraction of sp³-hybridized carbons (Fsp3) is 0.929. The van der Waals surface area contributed by atoms with Crippen LogP contribution >= 0.6 is 0 Å². The van der Waals surface area contributed by atoms with Crippen LogP contribution in [-0.4, -0.2) is 39.3 Å². The Hall–Kier alpha value is -0.770. The maximum Gasteiger partial charge on any atom is 0.191 e. The van der Waals surface area contributed by atoms with Crippen molar-refractivity contribution in [2.75, 3.05) is 33.4 Å². The quantitative estimate of drug-likeness (QED) is 0.376. The molecular weight excluding hydrogens is 226 g/mol. The fourth-order valence-electron chi connectivity index (χ4n) is 1.68. The Balaban J connectivity index is 1.90. The second kappa shape index (κ2) is 9.20. The number of aliphatic imine (C=N–C) groups is 1. The summed E-state index contributed by atoms with van der Waals surface area (Å²) >= 11 is 0. The summed E-state index contributed by atoms with van der Waals surface area (Å²) in [5.74, 6) is 2.58. The van der Waals surface area contributed by atoms with E-state index in [0.29, 0.717) is 0 Å². The Morgan fingerprint density at radius 1 is 1.22 bits per heavy atom. The molecule has 0 amide bonds. The molecule has 1 aliphatic carbocycles. The molecule has 4 heteroatoms. The summed E-state index contributed by atoms with van der Waals surface area (Å²) in [6.07, 6.45) is 5.23. The summed E-state index contributed by atoms with van der Waals surface area (Å²) in [6, 6.07) is 0. The molecule has 0 bridgehead atoms. The number of guanidine groups is 1. The molecule has 1 fully saturated rings. The third-order valence-electron chi connectivity index (χ3n) is 3.14. The van der Waals surface area contributed by atoms with E-state index in [4.69, 9.17) is 4.74 Å². The summed E-state index contributed by atoms with van der Waals surface area (Å²) in [5, 5.41) is 6.60. The van der Waals surface area contributed by atoms with Crippen LogP contribution in [0.1, 0.15) is 39.5 Å². The largest absolute Gasteiger partial charge is 0.380 e. The Labute approximate surface area is 112 Å². The summed E-state index contributed by atoms with van der Waals surface area (Å²) in [5.41, 5.74) is 0. The fourth-order valence-corrected chi connectivity index (χ4v) is 1.68. The molecule has 4 nitrogen and oxygen atoms in total. The van der Waals surface area contributed by atoms with E-state index in [-0.39, 0.29) is 0 Å². The highest BCUT2D eigenvalue weighted by molar-refractivity contribution is 5.79. The standard InChI is InChI=1S/C14H29N3O/c1-12(2)7-10-18-11-9-17-14(15-3)16-8-6-13-4-5-13/h12-13H,4-11H2,1-3H3,(H2,15,16,17). The minimum absolute atomic E-state index is 0.717. The first kappa shape index (κ1) is 15.3. The molecule has 2 N–H and O–H groups in total. The highest BCUT2D eigenvalue weighted by Crippen LogP contribution is 2.31. The zero-order valence-corrected chi connectivity index (χ0v) is 12.2. The molecule has 0 aromatic heterocycles. The third kappa shape index (κ3) is 8.34. The Morgan fingerprint density at radius 3 is 2.56 bits per heavy atom. The first-order chi connectivity index (χ1) is 8.72. The maximum absolute atomic E-state index is 5.55. The second-order valence-electron chi connectivity index (χ2n) is 5.45. The van der Waals surface area contributed by atoms with Gasteiger partial charge in [0.05, 0.1) is 6.61 Å². The molecule has 0 spiro atoms. The SMILES string of the molecule is CN=C(NCCOCCC(C)C)NCCC1CC1. The highest BCUT2D eigenvalue weighted by Gasteiger charge is 2.20. The van der Waals surface area contributed by atoms with E-state index in [1.807, 2.05) is 7.05 Å². The zero-order valence-electron chi connectivity index (χ0n) is 12.2. The van der Waals surface area contributed by atoms with Crippen LogP contribution in [-0.2, 0) is 4.74 Å². The van der Waals surface area contributed by atoms with E-state index >= 15 is 0 Å². The number of rotatable bonds is 9. The van der Waals surface area contributed by atoms with Crippen LogP contribution in [0, 0.1) is 11.8 Å². The lowest BCUT2D eigenvalue weighted by molar-refractivity contribution is 0.128. The average molecular weight is 255 g/mol. The van der Waals surface area contributed by atoms with Gasteiger partial charge in [-0.3, -0.25) is 4.99 Å². The molecule has 0 saturated heterocycles. The van der Waals surface area contributed by atoms with Crippen molar-refractivity contribution in [3.63, 3.8) is 0 Å². The minimum Gasteiger partial charge on any atom is -0.380 e. The molecular formula is C14H29N3O. The van der Waals surface area contributed by atoms with Crippen molar-refractivity contribution in [1.29, 1.82) is 0 Å². The Morgan fingerprint density at radius 2 is 1.94 bits per heavy atom. The van der Waals surface area contributed by atoms with Crippen molar-refractivity contribution >= 4 is 5.96 Å². The van der Waals surface area contributed by atoms with Crippen LogP contribution in [0.5, 0.6) is 0 Å². The van der Waals surface area contributed by atoms with Crippen molar-refractivity contribution < 1.29 is 4.74 Å². The lowest BCUT2D eigenvalue weighted by atomic mass is 10.1. The van der Waals surface area contributed by atoms with Crippen molar-refractivity contribution in [1.82, 2.24) is 10.6 Å². The van der Waals surface area contributed by atoms with Gasteiger partial charge < -0.3 is 15.4 Å². The van der Waals surface area contributed by atoms with Crippen LogP contribution in [0.3, 0.4) is 0 Å². The third-order valence-corrected chi connectivity index (χ3v) is 3.14. The van der Waals surface area contributed by atoms with Gasteiger partial charge in [0.1, 0.15) is 0 Å². The van der Waals surface area contributed by atoms with E-state index in [1.165, 1.54) is 19.3 Å². The summed E-state index contributed by atoms with van der Waals surface area (Å²) < 4.78 is 5.55. The van der Waals surface area contributed by atoms with Gasteiger partial charge in [-0.05, 0) is 24.7 Å². The summed E-state index contributed by atoms with van der Waals surface area (Å²) in [6.45, 7) is 7.88. The van der Waals surface area contributed by atoms with Gasteiger partial charge in [-0.15, -0.1) is 0 Å². The lowest BCUT2D eigenvalue weighted by Crippen LogP contribution is -2.39. The first-order valence-electron chi connectivity index (χ1n) is 7.24. The van der Waals surface area contributed by atoms with Gasteiger partial charge in [0.2, 0.25) is 0 Å². The number of hydrogen-bond acceptors (Lipinski definition) is 2. The van der Waals surface area contributed by atoms with Crippen LogP contribution in [0.15, 0.2) is 4.99 Å². The van der Waals surface area contributed by atoms with Crippen molar-refractivity contribution in [2.45, 2.75) is 39.5 Å². The number of nitrogens with one attached hydrogen (secondary N) is 2. The molecule has 0 unspecified atom stereocenters. The van der Waals surface area contributed by atoms with E-state index in [0.717, 1.165) is 50.5 Å². The van der Waals surface area contributed by atoms with Crippen LogP contribution < -0.4 is 10.6 Å². The molecule has 1 saturated carbocycles. The number of hydrogen-bond donors (Lipinski definition) is 2. The molecule has 0 atom stereocenters. The molecule has 0 aliphatic heterocycles. The van der Waals surface area contributed by atoms with Crippen molar-refractivity contribution in [2.24, 2.45) is 16.8 Å². The highest BCUT2D eigenvalue weighted by atomic mass is 16.5. The van der Waals surface area contributed by atoms with Gasteiger partial charge in [0, 0.05) is 26.7 Å². The maximum atomic E-state index is 5.55. The lowest BCUT2D eigenvalue weighted by Gasteiger charge is -2.12. The van der Waals surface area contributed by atoms with Crippen LogP contribution in [0.25, 0.3) is 0 Å². The molecule has 0 radical (unpaired) electrons. The van der Waals surface area contributed by atoms with Gasteiger partial charge in [-0.1, -0.05) is 26.7 Å². The van der Waals surface area contributed by atoms with E-state index < -0.39 is 0 Å². The topological polar surface area (TPSA) is 45.7 Å². The van der Waals surface area contributed by atoms with Gasteiger partial charge in [0.15, 0.2) is 5.96 Å². The van der Waals surface area contributed by atoms with Crippen molar-refractivity contribution in [3.8, 4) is 0 Å². The molecule has 18 heavy (non-hydrogen) atoms. The van der Waals surface area contributed by atoms with Gasteiger partial charge in [-0.25, -0.2) is 0 Å². The monoisotopic (exact) mass is 255 g/mol. The second-order valence-corrected chi connectivity index (χ2v) is 5.45. The van der Waals surface area contributed by atoms with Gasteiger partial charge >= 0.3 is 0 Å². The van der Waals surface area contributed by atoms with E-state index in [2.05, 4.69) is 29.5 Å². The van der Waals surface area contributed by atoms with Gasteiger partial charge in [0.25, 0.3) is 0 Å². The summed E-state index contributed by atoms with van der Waals surface area (Å²) in [7, 11) is 1.81. The average Bonchev–Trinajstić information content (AvgIpc) is 3.14. The molecule has 1 aliphatic rings. The zero-order chi connectivity index (χ0) is 13.2. The minimum atomic E-state index is 0.717. The molecule has 0 aromatic carbocycles. The normalized spacial score (nSPS) is 16.1. The molecule has 1 rings (SSSR count). The number of nitrogens with zero attached hydrogens (tertiary/aromatic N) is 1. The molecule has 0 aromatic rings. The predicted octanol–water partition coefficient (Wildman–Crippen LogP) is 2.01. The van der Waals surface area contributed by atoms with E-state index in [1.54, 1.807) is 0 Å². The predicted molar refractivity (Wildman–Crippen MR) is 77.0 cm³/mol. The van der Waals surface area contributed by atoms with Crippen LogP contribution in [0.4, 0.5) is 0 Å². The first-order valence-corrected chi connectivity index (χ1v) is 7.24. The van der Waals surface area contributed by atoms with E-state index in [9.17, 15) is 0 Å². The Bertz CT molecular complexity index is 237. The Kier molecular flexibility index (Phi) is 7.81. The smallest absolute Gasteiger partial charge is 0.191 e. The number of ether oxygens (including phenoxy) is 1. The summed E-state index contributed by atoms with van der Waals surface area (Å²) in [4.78, 5) is 4.19. The van der Waals surface area contributed by atoms with Crippen molar-refractivity contribution in [3.05, 3.63) is 0 Å². The van der Waals surface area contributed by atoms with Crippen LogP contribution in [0.2, 0.25) is 0 Å².